The molecule has 8 nitrogen and oxygen atoms in total. The number of fused-ring (bicyclic) bond motifs is 1. The van der Waals surface area contributed by atoms with Gasteiger partial charge in [-0.05, 0) is 37.6 Å². The second kappa shape index (κ2) is 6.76. The van der Waals surface area contributed by atoms with Crippen molar-refractivity contribution in [3.05, 3.63) is 51.6 Å². The van der Waals surface area contributed by atoms with Gasteiger partial charge in [0.15, 0.2) is 5.69 Å². The van der Waals surface area contributed by atoms with Crippen LogP contribution in [0.5, 0.6) is 5.75 Å². The predicted molar refractivity (Wildman–Crippen MR) is 88.9 cm³/mol. The summed E-state index contributed by atoms with van der Waals surface area (Å²) < 4.78 is 16.9. The Morgan fingerprint density at radius 3 is 2.84 bits per heavy atom. The van der Waals surface area contributed by atoms with Gasteiger partial charge in [-0.1, -0.05) is 5.21 Å². The fraction of sp³-hybridized carbons (Fsp3) is 0.294. The Morgan fingerprint density at radius 2 is 2.12 bits per heavy atom. The Balaban J connectivity index is 2.03. The fourth-order valence-electron chi connectivity index (χ4n) is 2.52. The molecule has 1 aromatic carbocycles. The molecule has 0 amide bonds. The minimum atomic E-state index is -0.523. The first-order chi connectivity index (χ1) is 12.0. The number of benzene rings is 1. The third-order valence-corrected chi connectivity index (χ3v) is 3.81. The fourth-order valence-corrected chi connectivity index (χ4v) is 2.52. The number of nitrogens with zero attached hydrogens (tertiary/aromatic N) is 3. The highest BCUT2D eigenvalue weighted by Crippen LogP contribution is 2.23. The SMILES string of the molecule is CCOC(=O)c1nnn(Cc2cc(=O)oc3ccc(OC)cc23)c1C. The zero-order chi connectivity index (χ0) is 18.0. The number of methoxy groups -OCH3 is 1. The maximum Gasteiger partial charge on any atom is 0.360 e. The number of ether oxygens (including phenoxy) is 2. The van der Waals surface area contributed by atoms with Crippen LogP contribution in [0.2, 0.25) is 0 Å². The molecule has 2 aromatic heterocycles. The molecule has 0 bridgehead atoms. The molecule has 3 rings (SSSR count). The lowest BCUT2D eigenvalue weighted by Gasteiger charge is -2.08. The van der Waals surface area contributed by atoms with E-state index in [-0.39, 0.29) is 18.8 Å². The normalized spacial score (nSPS) is 10.8. The highest BCUT2D eigenvalue weighted by molar-refractivity contribution is 5.88. The monoisotopic (exact) mass is 343 g/mol. The summed E-state index contributed by atoms with van der Waals surface area (Å²) in [6, 6.07) is 6.57. The van der Waals surface area contributed by atoms with Crippen molar-refractivity contribution in [2.45, 2.75) is 20.4 Å². The molecular formula is C17H17N3O5. The molecule has 0 spiro atoms. The highest BCUT2D eigenvalue weighted by atomic mass is 16.5. The Kier molecular flexibility index (Phi) is 4.51. The van der Waals surface area contributed by atoms with E-state index in [1.54, 1.807) is 43.8 Å². The molecule has 0 N–H and O–H groups in total. The van der Waals surface area contributed by atoms with E-state index in [1.807, 2.05) is 0 Å². The predicted octanol–water partition coefficient (Wildman–Crippen LogP) is 1.93. The van der Waals surface area contributed by atoms with Crippen LogP contribution in [0.1, 0.15) is 28.7 Å². The topological polar surface area (TPSA) is 96.5 Å². The molecule has 3 aromatic rings. The molecule has 0 fully saturated rings. The van der Waals surface area contributed by atoms with Gasteiger partial charge in [-0.2, -0.15) is 0 Å². The average Bonchev–Trinajstić information content (AvgIpc) is 2.95. The second-order valence-corrected chi connectivity index (χ2v) is 5.35. The van der Waals surface area contributed by atoms with E-state index in [9.17, 15) is 9.59 Å². The minimum absolute atomic E-state index is 0.159. The van der Waals surface area contributed by atoms with Crippen LogP contribution < -0.4 is 10.4 Å². The number of hydrogen-bond donors (Lipinski definition) is 0. The van der Waals surface area contributed by atoms with E-state index in [4.69, 9.17) is 13.9 Å². The number of carbonyl (C=O) groups is 1. The largest absolute Gasteiger partial charge is 0.497 e. The number of carbonyl (C=O) groups excluding carboxylic acids is 1. The summed E-state index contributed by atoms with van der Waals surface area (Å²) in [5.41, 5.74) is 1.39. The van der Waals surface area contributed by atoms with E-state index in [1.165, 1.54) is 6.07 Å². The van der Waals surface area contributed by atoms with E-state index in [0.29, 0.717) is 22.6 Å². The van der Waals surface area contributed by atoms with Gasteiger partial charge in [0.25, 0.3) is 0 Å². The molecule has 0 saturated carbocycles. The summed E-state index contributed by atoms with van der Waals surface area (Å²) in [6.45, 7) is 3.96. The maximum absolute atomic E-state index is 11.9. The molecule has 0 unspecified atom stereocenters. The summed E-state index contributed by atoms with van der Waals surface area (Å²) in [5, 5.41) is 8.60. The zero-order valence-electron chi connectivity index (χ0n) is 14.1. The van der Waals surface area contributed by atoms with Gasteiger partial charge in [-0.25, -0.2) is 14.3 Å². The maximum atomic E-state index is 11.9. The van der Waals surface area contributed by atoms with Crippen LogP contribution in [0, 0.1) is 6.92 Å². The van der Waals surface area contributed by atoms with Crippen molar-refractivity contribution in [2.24, 2.45) is 0 Å². The van der Waals surface area contributed by atoms with Gasteiger partial charge < -0.3 is 13.9 Å². The van der Waals surface area contributed by atoms with Crippen molar-refractivity contribution in [1.82, 2.24) is 15.0 Å². The van der Waals surface area contributed by atoms with Crippen LogP contribution >= 0.6 is 0 Å². The van der Waals surface area contributed by atoms with Gasteiger partial charge in [0, 0.05) is 11.5 Å². The third kappa shape index (κ3) is 3.23. The summed E-state index contributed by atoms with van der Waals surface area (Å²) in [5.74, 6) is 0.121. The second-order valence-electron chi connectivity index (χ2n) is 5.35. The smallest absolute Gasteiger partial charge is 0.360 e. The molecule has 0 aliphatic carbocycles. The molecular weight excluding hydrogens is 326 g/mol. The van der Waals surface area contributed by atoms with E-state index < -0.39 is 11.6 Å². The summed E-state index contributed by atoms with van der Waals surface area (Å²) in [7, 11) is 1.56. The first kappa shape index (κ1) is 16.7. The van der Waals surface area contributed by atoms with Gasteiger partial charge in [0.05, 0.1) is 26.0 Å². The van der Waals surface area contributed by atoms with Crippen molar-refractivity contribution in [3.63, 3.8) is 0 Å². The molecule has 25 heavy (non-hydrogen) atoms. The van der Waals surface area contributed by atoms with Gasteiger partial charge in [-0.15, -0.1) is 5.10 Å². The quantitative estimate of drug-likeness (QED) is 0.516. The molecule has 130 valence electrons. The van der Waals surface area contributed by atoms with Gasteiger partial charge in [0.2, 0.25) is 0 Å². The molecule has 0 atom stereocenters. The van der Waals surface area contributed by atoms with E-state index in [2.05, 4.69) is 10.3 Å². The molecule has 0 aliphatic heterocycles. The van der Waals surface area contributed by atoms with Crippen LogP contribution in [0.15, 0.2) is 33.5 Å². The molecule has 8 heteroatoms. The van der Waals surface area contributed by atoms with Crippen molar-refractivity contribution in [2.75, 3.05) is 13.7 Å². The number of hydrogen-bond acceptors (Lipinski definition) is 7. The Morgan fingerprint density at radius 1 is 1.32 bits per heavy atom. The Hall–Kier alpha value is -3.16. The Labute approximate surface area is 143 Å². The van der Waals surface area contributed by atoms with E-state index in [0.717, 1.165) is 5.39 Å². The summed E-state index contributed by atoms with van der Waals surface area (Å²) in [4.78, 5) is 23.7. The standard InChI is InChI=1S/C17H17N3O5/c1-4-24-17(22)16-10(2)20(19-18-16)9-11-7-15(21)25-14-6-5-12(23-3)8-13(11)14/h5-8H,4,9H2,1-3H3. The van der Waals surface area contributed by atoms with Crippen molar-refractivity contribution in [3.8, 4) is 5.75 Å². The van der Waals surface area contributed by atoms with Crippen molar-refractivity contribution >= 4 is 16.9 Å². The lowest BCUT2D eigenvalue weighted by molar-refractivity contribution is 0.0518. The van der Waals surface area contributed by atoms with Crippen LogP contribution in [0.4, 0.5) is 0 Å². The highest BCUT2D eigenvalue weighted by Gasteiger charge is 2.18. The van der Waals surface area contributed by atoms with Crippen LogP contribution in [-0.2, 0) is 11.3 Å². The summed E-state index contributed by atoms with van der Waals surface area (Å²) >= 11 is 0. The first-order valence-corrected chi connectivity index (χ1v) is 7.71. The van der Waals surface area contributed by atoms with Crippen molar-refractivity contribution < 1.29 is 18.7 Å². The number of esters is 1. The first-order valence-electron chi connectivity index (χ1n) is 7.71. The van der Waals surface area contributed by atoms with Crippen LogP contribution in [0.3, 0.4) is 0 Å². The lowest BCUT2D eigenvalue weighted by atomic mass is 10.1. The molecule has 0 aliphatic rings. The average molecular weight is 343 g/mol. The van der Waals surface area contributed by atoms with Crippen LogP contribution in [0.25, 0.3) is 11.0 Å². The van der Waals surface area contributed by atoms with Crippen molar-refractivity contribution in [1.29, 1.82) is 0 Å². The number of aromatic nitrogens is 3. The summed E-state index contributed by atoms with van der Waals surface area (Å²) in [6.07, 6.45) is 0. The van der Waals surface area contributed by atoms with E-state index >= 15 is 0 Å². The third-order valence-electron chi connectivity index (χ3n) is 3.81. The van der Waals surface area contributed by atoms with Crippen LogP contribution in [-0.4, -0.2) is 34.7 Å². The lowest BCUT2D eigenvalue weighted by Crippen LogP contribution is -2.10. The van der Waals surface area contributed by atoms with Gasteiger partial charge in [-0.3, -0.25) is 0 Å². The zero-order valence-corrected chi connectivity index (χ0v) is 14.1. The minimum Gasteiger partial charge on any atom is -0.497 e. The van der Waals surface area contributed by atoms with Gasteiger partial charge >= 0.3 is 11.6 Å². The number of rotatable bonds is 5. The molecule has 0 radical (unpaired) electrons. The Bertz CT molecular complexity index is 990. The van der Waals surface area contributed by atoms with Gasteiger partial charge in [0.1, 0.15) is 11.3 Å². The molecule has 2 heterocycles. The molecule has 0 saturated heterocycles.